The Hall–Kier alpha value is -2.42. The molecule has 0 saturated carbocycles. The third-order valence-corrected chi connectivity index (χ3v) is 5.02. The average Bonchev–Trinajstić information content (AvgIpc) is 2.62. The van der Waals surface area contributed by atoms with Crippen molar-refractivity contribution in [3.05, 3.63) is 76.8 Å². The molecule has 0 heterocycles. The smallest absolute Gasteiger partial charge is 0.225 e. The van der Waals surface area contributed by atoms with Crippen LogP contribution in [0.1, 0.15) is 0 Å². The quantitative estimate of drug-likeness (QED) is 0.376. The van der Waals surface area contributed by atoms with Crippen LogP contribution in [0, 0.1) is 23.3 Å². The molecule has 0 fully saturated rings. The molecule has 0 radical (unpaired) electrons. The van der Waals surface area contributed by atoms with E-state index in [-0.39, 0.29) is 21.0 Å². The molecule has 3 rings (SSSR count). The fraction of sp³-hybridized carbons (Fsp3) is 0. The molecule has 0 spiro atoms. The second kappa shape index (κ2) is 6.95. The lowest BCUT2D eigenvalue weighted by Crippen LogP contribution is -2.11. The number of nitrogens with two attached hydrogens (primary N) is 1. The van der Waals surface area contributed by atoms with E-state index in [4.69, 9.17) is 16.7 Å². The standard InChI is InChI=1S/C18H10ClF4NO2S/c19-11-3-1-2-10(8-11)14-13(15(20)17(22)18(23)16(14)21)9-4-6-12(7-5-9)27(24,25)26/h1-8H,(H2,24,25,26). The molecule has 0 aliphatic heterocycles. The average molecular weight is 416 g/mol. The Morgan fingerprint density at radius 2 is 1.26 bits per heavy atom. The topological polar surface area (TPSA) is 60.2 Å². The van der Waals surface area contributed by atoms with Crippen molar-refractivity contribution in [3.63, 3.8) is 0 Å². The monoisotopic (exact) mass is 415 g/mol. The van der Waals surface area contributed by atoms with E-state index in [1.165, 1.54) is 24.3 Å². The van der Waals surface area contributed by atoms with Crippen LogP contribution in [0.15, 0.2) is 53.4 Å². The summed E-state index contributed by atoms with van der Waals surface area (Å²) < 4.78 is 79.5. The first kappa shape index (κ1) is 19.3. The zero-order chi connectivity index (χ0) is 19.9. The highest BCUT2D eigenvalue weighted by Gasteiger charge is 2.27. The largest absolute Gasteiger partial charge is 0.238 e. The Bertz CT molecular complexity index is 1150. The van der Waals surface area contributed by atoms with Crippen molar-refractivity contribution in [2.75, 3.05) is 0 Å². The van der Waals surface area contributed by atoms with Crippen LogP contribution in [-0.2, 0) is 10.0 Å². The molecule has 3 aromatic carbocycles. The molecule has 3 nitrogen and oxygen atoms in total. The van der Waals surface area contributed by atoms with E-state index in [0.29, 0.717) is 0 Å². The first-order chi connectivity index (χ1) is 12.6. The van der Waals surface area contributed by atoms with Gasteiger partial charge in [0, 0.05) is 16.1 Å². The Kier molecular flexibility index (Phi) is 4.98. The maximum absolute atomic E-state index is 14.6. The number of halogens is 5. The fourth-order valence-electron chi connectivity index (χ4n) is 2.63. The Morgan fingerprint density at radius 1 is 0.741 bits per heavy atom. The molecule has 0 aliphatic rings. The van der Waals surface area contributed by atoms with Crippen molar-refractivity contribution >= 4 is 21.6 Å². The molecule has 0 atom stereocenters. The van der Waals surface area contributed by atoms with Gasteiger partial charge in [-0.2, -0.15) is 0 Å². The van der Waals surface area contributed by atoms with Crippen LogP contribution in [0.5, 0.6) is 0 Å². The van der Waals surface area contributed by atoms with Crippen molar-refractivity contribution < 1.29 is 26.0 Å². The van der Waals surface area contributed by atoms with E-state index < -0.39 is 44.4 Å². The highest BCUT2D eigenvalue weighted by molar-refractivity contribution is 7.89. The van der Waals surface area contributed by atoms with Crippen LogP contribution in [0.4, 0.5) is 17.6 Å². The van der Waals surface area contributed by atoms with Crippen LogP contribution in [0.25, 0.3) is 22.3 Å². The summed E-state index contributed by atoms with van der Waals surface area (Å²) in [5, 5.41) is 5.17. The number of hydrogen-bond donors (Lipinski definition) is 1. The number of benzene rings is 3. The van der Waals surface area contributed by atoms with Crippen molar-refractivity contribution in [1.29, 1.82) is 0 Å². The normalized spacial score (nSPS) is 11.6. The molecule has 140 valence electrons. The Morgan fingerprint density at radius 3 is 1.74 bits per heavy atom. The lowest BCUT2D eigenvalue weighted by Gasteiger charge is -2.15. The number of rotatable bonds is 3. The third kappa shape index (κ3) is 3.55. The van der Waals surface area contributed by atoms with Crippen molar-refractivity contribution in [2.45, 2.75) is 4.90 Å². The number of sulfonamides is 1. The van der Waals surface area contributed by atoms with E-state index >= 15 is 0 Å². The highest BCUT2D eigenvalue weighted by atomic mass is 35.5. The Balaban J connectivity index is 2.35. The fourth-order valence-corrected chi connectivity index (χ4v) is 3.33. The van der Waals surface area contributed by atoms with Gasteiger partial charge in [0.05, 0.1) is 4.90 Å². The van der Waals surface area contributed by atoms with Crippen LogP contribution >= 0.6 is 11.6 Å². The minimum atomic E-state index is -4.02. The maximum atomic E-state index is 14.6. The third-order valence-electron chi connectivity index (χ3n) is 3.85. The van der Waals surface area contributed by atoms with E-state index in [2.05, 4.69) is 0 Å². The molecular formula is C18H10ClF4NO2S. The molecule has 0 saturated heterocycles. The summed E-state index contributed by atoms with van der Waals surface area (Å²) in [7, 11) is -4.02. The molecule has 2 N–H and O–H groups in total. The van der Waals surface area contributed by atoms with Crippen molar-refractivity contribution in [3.8, 4) is 22.3 Å². The molecule has 0 unspecified atom stereocenters. The maximum Gasteiger partial charge on any atom is 0.238 e. The molecule has 0 amide bonds. The summed E-state index contributed by atoms with van der Waals surface area (Å²) in [4.78, 5) is -0.279. The Labute approximate surface area is 157 Å². The van der Waals surface area contributed by atoms with E-state index in [0.717, 1.165) is 24.3 Å². The molecule has 0 aliphatic carbocycles. The molecule has 9 heteroatoms. The van der Waals surface area contributed by atoms with Gasteiger partial charge in [0.2, 0.25) is 10.0 Å². The van der Waals surface area contributed by atoms with Gasteiger partial charge >= 0.3 is 0 Å². The first-order valence-corrected chi connectivity index (χ1v) is 9.29. The molecule has 0 bridgehead atoms. The van der Waals surface area contributed by atoms with Gasteiger partial charge in [0.15, 0.2) is 23.3 Å². The van der Waals surface area contributed by atoms with Gasteiger partial charge < -0.3 is 0 Å². The summed E-state index contributed by atoms with van der Waals surface area (Å²) in [5.74, 6) is -7.16. The predicted molar refractivity (Wildman–Crippen MR) is 93.5 cm³/mol. The summed E-state index contributed by atoms with van der Waals surface area (Å²) in [6.07, 6.45) is 0. The molecule has 3 aromatic rings. The second-order valence-corrected chi connectivity index (χ2v) is 7.58. The molecular weight excluding hydrogens is 406 g/mol. The molecule has 0 aromatic heterocycles. The van der Waals surface area contributed by atoms with Crippen LogP contribution in [-0.4, -0.2) is 8.42 Å². The van der Waals surface area contributed by atoms with Crippen LogP contribution in [0.3, 0.4) is 0 Å². The number of primary sulfonamides is 1. The summed E-state index contributed by atoms with van der Waals surface area (Å²) >= 11 is 5.86. The van der Waals surface area contributed by atoms with Gasteiger partial charge in [-0.05, 0) is 35.4 Å². The van der Waals surface area contributed by atoms with Crippen molar-refractivity contribution in [2.24, 2.45) is 5.14 Å². The van der Waals surface area contributed by atoms with Gasteiger partial charge in [-0.1, -0.05) is 35.9 Å². The zero-order valence-electron chi connectivity index (χ0n) is 13.3. The van der Waals surface area contributed by atoms with Gasteiger partial charge in [0.25, 0.3) is 0 Å². The van der Waals surface area contributed by atoms with Gasteiger partial charge in [-0.15, -0.1) is 0 Å². The number of hydrogen-bond acceptors (Lipinski definition) is 2. The second-order valence-electron chi connectivity index (χ2n) is 5.59. The van der Waals surface area contributed by atoms with Crippen molar-refractivity contribution in [1.82, 2.24) is 0 Å². The predicted octanol–water partition coefficient (Wildman–Crippen LogP) is 4.88. The lowest BCUT2D eigenvalue weighted by molar-refractivity contribution is 0.412. The van der Waals surface area contributed by atoms with E-state index in [1.54, 1.807) is 0 Å². The van der Waals surface area contributed by atoms with Gasteiger partial charge in [-0.25, -0.2) is 31.1 Å². The minimum Gasteiger partial charge on any atom is -0.225 e. The summed E-state index contributed by atoms with van der Waals surface area (Å²) in [5.41, 5.74) is -1.18. The first-order valence-electron chi connectivity index (χ1n) is 7.36. The summed E-state index contributed by atoms with van der Waals surface area (Å²) in [6, 6.07) is 9.84. The zero-order valence-corrected chi connectivity index (χ0v) is 14.9. The SMILES string of the molecule is NS(=O)(=O)c1ccc(-c2c(F)c(F)c(F)c(F)c2-c2cccc(Cl)c2)cc1. The highest BCUT2D eigenvalue weighted by Crippen LogP contribution is 2.39. The van der Waals surface area contributed by atoms with Gasteiger partial charge in [-0.3, -0.25) is 0 Å². The summed E-state index contributed by atoms with van der Waals surface area (Å²) in [6.45, 7) is 0. The van der Waals surface area contributed by atoms with Gasteiger partial charge in [0.1, 0.15) is 0 Å². The van der Waals surface area contributed by atoms with E-state index in [1.807, 2.05) is 0 Å². The van der Waals surface area contributed by atoms with Crippen LogP contribution < -0.4 is 5.14 Å². The lowest BCUT2D eigenvalue weighted by atomic mass is 9.93. The molecule has 27 heavy (non-hydrogen) atoms. The van der Waals surface area contributed by atoms with Crippen LogP contribution in [0.2, 0.25) is 5.02 Å². The minimum absolute atomic E-state index is 0.0170. The van der Waals surface area contributed by atoms with E-state index in [9.17, 15) is 26.0 Å².